The number of ether oxygens (including phenoxy) is 4. The van der Waals surface area contributed by atoms with Crippen LogP contribution in [0.4, 0.5) is 11.4 Å². The number of aromatic hydroxyl groups is 1. The largest absolute Gasteiger partial charge is 0.507 e. The maximum atomic E-state index is 13.1. The van der Waals surface area contributed by atoms with Crippen LogP contribution in [0.2, 0.25) is 0 Å². The maximum absolute atomic E-state index is 13.1. The van der Waals surface area contributed by atoms with Crippen LogP contribution in [-0.2, 0) is 19.5 Å². The van der Waals surface area contributed by atoms with Crippen LogP contribution in [0.1, 0.15) is 24.2 Å². The van der Waals surface area contributed by atoms with E-state index in [4.69, 9.17) is 14.2 Å². The molecule has 0 bridgehead atoms. The summed E-state index contributed by atoms with van der Waals surface area (Å²) in [6.45, 7) is 6.83. The highest BCUT2D eigenvalue weighted by molar-refractivity contribution is 7.92. The van der Waals surface area contributed by atoms with Crippen molar-refractivity contribution in [1.82, 2.24) is 0 Å². The number of phenols is 1. The lowest BCUT2D eigenvalue weighted by Crippen LogP contribution is -2.36. The van der Waals surface area contributed by atoms with Gasteiger partial charge in [-0.1, -0.05) is 0 Å². The summed E-state index contributed by atoms with van der Waals surface area (Å²) in [6.07, 6.45) is 0. The topological polar surface area (TPSA) is 124 Å². The number of benzene rings is 2. The molecule has 1 saturated heterocycles. The van der Waals surface area contributed by atoms with E-state index in [9.17, 15) is 18.3 Å². The summed E-state index contributed by atoms with van der Waals surface area (Å²) in [6, 6.07) is 6.69. The zero-order valence-electron chi connectivity index (χ0n) is 18.8. The fourth-order valence-electron chi connectivity index (χ4n) is 3.39. The Kier molecular flexibility index (Phi) is 7.88. The molecule has 2 N–H and O–H groups in total. The number of rotatable bonds is 9. The van der Waals surface area contributed by atoms with Gasteiger partial charge < -0.3 is 29.0 Å². The van der Waals surface area contributed by atoms with Crippen molar-refractivity contribution in [3.05, 3.63) is 35.9 Å². The van der Waals surface area contributed by atoms with Gasteiger partial charge in [-0.2, -0.15) is 0 Å². The van der Waals surface area contributed by atoms with Crippen LogP contribution in [0.25, 0.3) is 0 Å². The summed E-state index contributed by atoms with van der Waals surface area (Å²) >= 11 is 0. The van der Waals surface area contributed by atoms with Gasteiger partial charge in [0.1, 0.15) is 22.8 Å². The minimum absolute atomic E-state index is 0.185. The van der Waals surface area contributed by atoms with Crippen LogP contribution < -0.4 is 19.1 Å². The lowest BCUT2D eigenvalue weighted by atomic mass is 10.2. The first-order valence-electron chi connectivity index (χ1n) is 10.5. The monoisotopic (exact) mass is 480 g/mol. The standard InChI is InChI=1S/C22H28N2O8S/c1-4-31-20-14-18(24-8-10-30-11-9-24)21(32-5-2)13-17(20)23-33(27,28)15-6-7-19(25)16(12-15)22(26)29-3/h6-7,12-14,23,25H,4-5,8-11H2,1-3H3. The molecule has 180 valence electrons. The lowest BCUT2D eigenvalue weighted by Gasteiger charge is -2.31. The first-order chi connectivity index (χ1) is 15.8. The number of methoxy groups -OCH3 is 1. The molecule has 0 spiro atoms. The Balaban J connectivity index is 2.02. The molecule has 3 rings (SSSR count). The van der Waals surface area contributed by atoms with Gasteiger partial charge in [-0.3, -0.25) is 4.72 Å². The van der Waals surface area contributed by atoms with E-state index in [0.717, 1.165) is 24.9 Å². The van der Waals surface area contributed by atoms with E-state index in [0.29, 0.717) is 51.0 Å². The molecule has 2 aromatic rings. The second-order valence-corrected chi connectivity index (χ2v) is 8.74. The van der Waals surface area contributed by atoms with E-state index in [2.05, 4.69) is 14.4 Å². The Morgan fingerprint density at radius 1 is 1.09 bits per heavy atom. The minimum Gasteiger partial charge on any atom is -0.507 e. The maximum Gasteiger partial charge on any atom is 0.341 e. The highest BCUT2D eigenvalue weighted by atomic mass is 32.2. The van der Waals surface area contributed by atoms with E-state index in [1.54, 1.807) is 19.1 Å². The summed E-state index contributed by atoms with van der Waals surface area (Å²) in [5.41, 5.74) is 0.706. The van der Waals surface area contributed by atoms with Crippen LogP contribution in [-0.4, -0.2) is 66.1 Å². The van der Waals surface area contributed by atoms with Gasteiger partial charge in [-0.15, -0.1) is 0 Å². The van der Waals surface area contributed by atoms with Crippen LogP contribution >= 0.6 is 0 Å². The molecule has 0 unspecified atom stereocenters. The Morgan fingerprint density at radius 3 is 2.39 bits per heavy atom. The highest BCUT2D eigenvalue weighted by Crippen LogP contribution is 2.40. The van der Waals surface area contributed by atoms with Gasteiger partial charge in [0.15, 0.2) is 0 Å². The first-order valence-corrected chi connectivity index (χ1v) is 12.0. The predicted molar refractivity (Wildman–Crippen MR) is 122 cm³/mol. The summed E-state index contributed by atoms with van der Waals surface area (Å²) in [5, 5.41) is 9.89. The predicted octanol–water partition coefficient (Wildman–Crippen LogP) is 2.61. The van der Waals surface area contributed by atoms with E-state index in [1.165, 1.54) is 6.07 Å². The van der Waals surface area contributed by atoms with Gasteiger partial charge in [0.05, 0.1) is 49.8 Å². The molecule has 0 aliphatic carbocycles. The normalized spacial score (nSPS) is 14.0. The minimum atomic E-state index is -4.14. The van der Waals surface area contributed by atoms with Gasteiger partial charge >= 0.3 is 5.97 Å². The molecule has 0 amide bonds. The Labute approximate surface area is 193 Å². The van der Waals surface area contributed by atoms with Crippen molar-refractivity contribution in [3.8, 4) is 17.2 Å². The van der Waals surface area contributed by atoms with Gasteiger partial charge in [0.25, 0.3) is 10.0 Å². The fourth-order valence-corrected chi connectivity index (χ4v) is 4.47. The molecule has 1 heterocycles. The molecule has 11 heteroatoms. The molecule has 1 aliphatic heterocycles. The third-order valence-corrected chi connectivity index (χ3v) is 6.30. The Bertz CT molecular complexity index is 1100. The van der Waals surface area contributed by atoms with E-state index >= 15 is 0 Å². The number of nitrogens with one attached hydrogen (secondary N) is 1. The number of nitrogens with zero attached hydrogens (tertiary/aromatic N) is 1. The number of sulfonamides is 1. The summed E-state index contributed by atoms with van der Waals surface area (Å²) in [5.74, 6) is -0.406. The number of morpholine rings is 1. The molecule has 0 radical (unpaired) electrons. The zero-order chi connectivity index (χ0) is 24.0. The molecule has 33 heavy (non-hydrogen) atoms. The van der Waals surface area contributed by atoms with E-state index in [-0.39, 0.29) is 21.9 Å². The first kappa shape index (κ1) is 24.5. The molecule has 1 aliphatic rings. The number of carbonyl (C=O) groups is 1. The van der Waals surface area contributed by atoms with Gasteiger partial charge in [0.2, 0.25) is 0 Å². The van der Waals surface area contributed by atoms with Crippen molar-refractivity contribution in [2.75, 3.05) is 56.2 Å². The summed E-state index contributed by atoms with van der Waals surface area (Å²) in [4.78, 5) is 13.7. The number of phenolic OH excluding ortho intramolecular Hbond substituents is 1. The number of hydrogen-bond acceptors (Lipinski definition) is 9. The molecule has 0 aromatic heterocycles. The zero-order valence-corrected chi connectivity index (χ0v) is 19.6. The molecule has 2 aromatic carbocycles. The third-order valence-electron chi connectivity index (χ3n) is 4.94. The third kappa shape index (κ3) is 5.60. The molecule has 1 fully saturated rings. The highest BCUT2D eigenvalue weighted by Gasteiger charge is 2.24. The Hall–Kier alpha value is -3.18. The molecular weight excluding hydrogens is 452 g/mol. The number of carbonyl (C=O) groups excluding carboxylic acids is 1. The van der Waals surface area contributed by atoms with Crippen LogP contribution in [0.3, 0.4) is 0 Å². The molecule has 10 nitrogen and oxygen atoms in total. The van der Waals surface area contributed by atoms with Crippen molar-refractivity contribution in [2.45, 2.75) is 18.7 Å². The quantitative estimate of drug-likeness (QED) is 0.521. The number of esters is 1. The van der Waals surface area contributed by atoms with Crippen molar-refractivity contribution in [1.29, 1.82) is 0 Å². The fraction of sp³-hybridized carbons (Fsp3) is 0.409. The average Bonchev–Trinajstić information content (AvgIpc) is 2.81. The van der Waals surface area contributed by atoms with Crippen LogP contribution in [0.5, 0.6) is 17.2 Å². The van der Waals surface area contributed by atoms with Crippen LogP contribution in [0.15, 0.2) is 35.2 Å². The van der Waals surface area contributed by atoms with Gasteiger partial charge in [-0.25, -0.2) is 13.2 Å². The SMILES string of the molecule is CCOc1cc(N2CCOCC2)c(OCC)cc1NS(=O)(=O)c1ccc(O)c(C(=O)OC)c1. The van der Waals surface area contributed by atoms with E-state index < -0.39 is 16.0 Å². The van der Waals surface area contributed by atoms with Crippen LogP contribution in [0, 0.1) is 0 Å². The van der Waals surface area contributed by atoms with Crippen molar-refractivity contribution < 1.29 is 37.3 Å². The smallest absolute Gasteiger partial charge is 0.341 e. The molecule has 0 saturated carbocycles. The summed E-state index contributed by atoms with van der Waals surface area (Å²) < 4.78 is 50.3. The number of anilines is 2. The lowest BCUT2D eigenvalue weighted by molar-refractivity contribution is 0.0597. The van der Waals surface area contributed by atoms with Gasteiger partial charge in [0, 0.05) is 25.2 Å². The molecule has 0 atom stereocenters. The second kappa shape index (κ2) is 10.6. The Morgan fingerprint density at radius 2 is 1.76 bits per heavy atom. The van der Waals surface area contributed by atoms with Gasteiger partial charge in [-0.05, 0) is 32.0 Å². The second-order valence-electron chi connectivity index (χ2n) is 7.06. The van der Waals surface area contributed by atoms with Crippen molar-refractivity contribution in [2.24, 2.45) is 0 Å². The molecular formula is C22H28N2O8S. The summed E-state index contributed by atoms with van der Waals surface area (Å²) in [7, 11) is -3.00. The number of hydrogen-bond donors (Lipinski definition) is 2. The van der Waals surface area contributed by atoms with E-state index in [1.807, 2.05) is 6.92 Å². The average molecular weight is 481 g/mol. The van der Waals surface area contributed by atoms with Crippen molar-refractivity contribution in [3.63, 3.8) is 0 Å². The van der Waals surface area contributed by atoms with Crippen molar-refractivity contribution >= 4 is 27.4 Å².